The molecular formula is C23H28ClN3O5. The highest BCUT2D eigenvalue weighted by Gasteiger charge is 2.31. The van der Waals surface area contributed by atoms with E-state index in [4.69, 9.17) is 25.8 Å². The van der Waals surface area contributed by atoms with E-state index in [0.29, 0.717) is 12.2 Å². The highest BCUT2D eigenvalue weighted by molar-refractivity contribution is 6.35. The van der Waals surface area contributed by atoms with Gasteiger partial charge in [0.05, 0.1) is 14.2 Å². The Hall–Kier alpha value is -2.87. The number of methoxy groups -OCH3 is 2. The first-order valence-electron chi connectivity index (χ1n) is 10.4. The normalized spacial score (nSPS) is 14.4. The van der Waals surface area contributed by atoms with Crippen molar-refractivity contribution in [2.45, 2.75) is 57.6 Å². The van der Waals surface area contributed by atoms with Crippen LogP contribution in [0.15, 0.2) is 24.3 Å². The number of hydrogen-bond acceptors (Lipinski definition) is 8. The second-order valence-electron chi connectivity index (χ2n) is 8.64. The summed E-state index contributed by atoms with van der Waals surface area (Å²) in [6.07, 6.45) is 2.19. The molecule has 1 heterocycles. The Morgan fingerprint density at radius 1 is 1.12 bits per heavy atom. The van der Waals surface area contributed by atoms with Crippen LogP contribution in [0.2, 0.25) is 5.02 Å². The lowest BCUT2D eigenvalue weighted by Crippen LogP contribution is -2.33. The summed E-state index contributed by atoms with van der Waals surface area (Å²) < 4.78 is 15.6. The van der Waals surface area contributed by atoms with Gasteiger partial charge in [-0.3, -0.25) is 0 Å². The molecule has 1 aliphatic rings. The van der Waals surface area contributed by atoms with Gasteiger partial charge in [-0.25, -0.2) is 19.6 Å². The summed E-state index contributed by atoms with van der Waals surface area (Å²) in [6, 6.07) is 6.70. The average molecular weight is 462 g/mol. The van der Waals surface area contributed by atoms with Gasteiger partial charge in [0.15, 0.2) is 5.69 Å². The van der Waals surface area contributed by atoms with E-state index in [1.165, 1.54) is 14.2 Å². The van der Waals surface area contributed by atoms with Gasteiger partial charge >= 0.3 is 11.9 Å². The molecule has 2 aromatic rings. The summed E-state index contributed by atoms with van der Waals surface area (Å²) in [4.78, 5) is 33.4. The van der Waals surface area contributed by atoms with Crippen molar-refractivity contribution in [2.75, 3.05) is 19.5 Å². The SMILES string of the molecule is COC(=O)c1nc(C2CC2)nc(N[C@@H](Cc2ccc(OC(C)(C)C)cc2)C(=O)OC)c1Cl. The van der Waals surface area contributed by atoms with Gasteiger partial charge in [-0.15, -0.1) is 0 Å². The minimum absolute atomic E-state index is 0.00378. The number of carbonyl (C=O) groups is 2. The topological polar surface area (TPSA) is 99.6 Å². The van der Waals surface area contributed by atoms with Crippen molar-refractivity contribution in [1.29, 1.82) is 0 Å². The number of benzene rings is 1. The molecule has 172 valence electrons. The summed E-state index contributed by atoms with van der Waals surface area (Å²) in [5, 5.41) is 3.05. The lowest BCUT2D eigenvalue weighted by molar-refractivity contribution is -0.141. The molecule has 8 nitrogen and oxygen atoms in total. The summed E-state index contributed by atoms with van der Waals surface area (Å²) >= 11 is 6.40. The number of ether oxygens (including phenoxy) is 3. The molecule has 0 amide bonds. The van der Waals surface area contributed by atoms with Crippen molar-refractivity contribution in [2.24, 2.45) is 0 Å². The van der Waals surface area contributed by atoms with Crippen molar-refractivity contribution >= 4 is 29.4 Å². The standard InChI is InChI=1S/C23H28ClN3O5/c1-23(2,3)32-15-10-6-13(7-11-15)12-16(21(28)30-4)25-20-17(24)18(22(29)31-5)26-19(27-20)14-8-9-14/h6-7,10-11,14,16H,8-9,12H2,1-5H3,(H,25,26,27)/t16-/m0/s1. The molecule has 1 aromatic carbocycles. The number of nitrogens with zero attached hydrogens (tertiary/aromatic N) is 2. The predicted molar refractivity (Wildman–Crippen MR) is 120 cm³/mol. The van der Waals surface area contributed by atoms with Crippen LogP contribution in [0.3, 0.4) is 0 Å². The molecule has 1 fully saturated rings. The number of carbonyl (C=O) groups excluding carboxylic acids is 2. The van der Waals surface area contributed by atoms with E-state index in [-0.39, 0.29) is 28.1 Å². The largest absolute Gasteiger partial charge is 0.488 e. The maximum absolute atomic E-state index is 12.5. The Labute approximate surface area is 192 Å². The van der Waals surface area contributed by atoms with Gasteiger partial charge in [-0.05, 0) is 51.3 Å². The Kier molecular flexibility index (Phi) is 7.23. The van der Waals surface area contributed by atoms with Crippen LogP contribution < -0.4 is 10.1 Å². The molecule has 9 heteroatoms. The third-order valence-electron chi connectivity index (χ3n) is 4.77. The fraction of sp³-hybridized carbons (Fsp3) is 0.478. The molecule has 0 bridgehead atoms. The van der Waals surface area contributed by atoms with Gasteiger partial charge in [0, 0.05) is 12.3 Å². The average Bonchev–Trinajstić information content (AvgIpc) is 3.59. The number of halogens is 1. The van der Waals surface area contributed by atoms with Gasteiger partial charge in [-0.2, -0.15) is 0 Å². The van der Waals surface area contributed by atoms with Crippen LogP contribution in [0, 0.1) is 0 Å². The zero-order valence-electron chi connectivity index (χ0n) is 18.9. The van der Waals surface area contributed by atoms with Gasteiger partial charge < -0.3 is 19.5 Å². The van der Waals surface area contributed by atoms with Gasteiger partial charge in [0.2, 0.25) is 0 Å². The van der Waals surface area contributed by atoms with Crippen molar-refractivity contribution in [3.63, 3.8) is 0 Å². The van der Waals surface area contributed by atoms with Crippen molar-refractivity contribution in [3.05, 3.63) is 46.4 Å². The van der Waals surface area contributed by atoms with E-state index in [1.54, 1.807) is 0 Å². The van der Waals surface area contributed by atoms with Crippen LogP contribution in [-0.2, 0) is 20.7 Å². The molecule has 1 atom stereocenters. The number of aromatic nitrogens is 2. The third-order valence-corrected chi connectivity index (χ3v) is 5.13. The number of rotatable bonds is 8. The van der Waals surface area contributed by atoms with Crippen LogP contribution in [0.4, 0.5) is 5.82 Å². The lowest BCUT2D eigenvalue weighted by Gasteiger charge is -2.22. The number of nitrogens with one attached hydrogen (secondary N) is 1. The summed E-state index contributed by atoms with van der Waals surface area (Å²) in [5.41, 5.74) is 0.550. The minimum Gasteiger partial charge on any atom is -0.488 e. The second-order valence-corrected chi connectivity index (χ2v) is 9.02. The molecule has 32 heavy (non-hydrogen) atoms. The Balaban J connectivity index is 1.85. The van der Waals surface area contributed by atoms with Gasteiger partial charge in [0.25, 0.3) is 0 Å². The molecule has 0 saturated heterocycles. The maximum Gasteiger partial charge on any atom is 0.358 e. The molecule has 3 rings (SSSR count). The van der Waals surface area contributed by atoms with Crippen LogP contribution in [0.5, 0.6) is 5.75 Å². The second kappa shape index (κ2) is 9.73. The predicted octanol–water partition coefficient (Wildman–Crippen LogP) is 4.17. The molecule has 0 aliphatic heterocycles. The van der Waals surface area contributed by atoms with Crippen molar-refractivity contribution in [3.8, 4) is 5.75 Å². The van der Waals surface area contributed by atoms with Gasteiger partial charge in [-0.1, -0.05) is 23.7 Å². The van der Waals surface area contributed by atoms with Crippen molar-refractivity contribution in [1.82, 2.24) is 9.97 Å². The van der Waals surface area contributed by atoms with Crippen molar-refractivity contribution < 1.29 is 23.8 Å². The number of hydrogen-bond donors (Lipinski definition) is 1. The van der Waals surface area contributed by atoms with E-state index in [9.17, 15) is 9.59 Å². The first kappa shape index (κ1) is 23.8. The molecular weight excluding hydrogens is 434 g/mol. The molecule has 1 aliphatic carbocycles. The number of anilines is 1. The maximum atomic E-state index is 12.5. The summed E-state index contributed by atoms with van der Waals surface area (Å²) in [6.45, 7) is 5.92. The smallest absolute Gasteiger partial charge is 0.358 e. The Bertz CT molecular complexity index is 984. The molecule has 0 radical (unpaired) electrons. The van der Waals surface area contributed by atoms with E-state index < -0.39 is 18.0 Å². The summed E-state index contributed by atoms with van der Waals surface area (Å²) in [5.74, 6) is 0.466. The van der Waals surface area contributed by atoms with Crippen LogP contribution in [-0.4, -0.2) is 47.8 Å². The fourth-order valence-corrected chi connectivity index (χ4v) is 3.32. The zero-order valence-corrected chi connectivity index (χ0v) is 19.7. The fourth-order valence-electron chi connectivity index (χ4n) is 3.10. The Morgan fingerprint density at radius 2 is 1.78 bits per heavy atom. The molecule has 0 unspecified atom stereocenters. The first-order valence-corrected chi connectivity index (χ1v) is 10.8. The third kappa shape index (κ3) is 6.09. The molecule has 1 aromatic heterocycles. The van der Waals surface area contributed by atoms with Crippen LogP contribution in [0.25, 0.3) is 0 Å². The highest BCUT2D eigenvalue weighted by Crippen LogP contribution is 2.40. The van der Waals surface area contributed by atoms with E-state index >= 15 is 0 Å². The molecule has 0 spiro atoms. The van der Waals surface area contributed by atoms with Crippen LogP contribution >= 0.6 is 11.6 Å². The summed E-state index contributed by atoms with van der Waals surface area (Å²) in [7, 11) is 2.57. The molecule has 1 saturated carbocycles. The highest BCUT2D eigenvalue weighted by atomic mass is 35.5. The number of esters is 2. The van der Waals surface area contributed by atoms with E-state index in [0.717, 1.165) is 24.2 Å². The molecule has 1 N–H and O–H groups in total. The minimum atomic E-state index is -0.778. The lowest BCUT2D eigenvalue weighted by atomic mass is 10.1. The first-order chi connectivity index (χ1) is 15.1. The Morgan fingerprint density at radius 3 is 2.31 bits per heavy atom. The van der Waals surface area contributed by atoms with E-state index in [1.807, 2.05) is 45.0 Å². The monoisotopic (exact) mass is 461 g/mol. The van der Waals surface area contributed by atoms with Crippen LogP contribution in [0.1, 0.15) is 61.4 Å². The van der Waals surface area contributed by atoms with E-state index in [2.05, 4.69) is 15.3 Å². The quantitative estimate of drug-likeness (QED) is 0.585. The zero-order chi connectivity index (χ0) is 23.5. The van der Waals surface area contributed by atoms with Gasteiger partial charge in [0.1, 0.15) is 34.1 Å².